The molecule has 182 valence electrons. The number of esters is 1. The number of sulfonamides is 1. The Morgan fingerprint density at radius 1 is 1.06 bits per heavy atom. The first-order chi connectivity index (χ1) is 16.8. The summed E-state index contributed by atoms with van der Waals surface area (Å²) in [6.07, 6.45) is 5.43. The Hall–Kier alpha value is -3.56. The van der Waals surface area contributed by atoms with Crippen LogP contribution in [0.3, 0.4) is 0 Å². The van der Waals surface area contributed by atoms with Crippen LogP contribution >= 0.6 is 0 Å². The van der Waals surface area contributed by atoms with E-state index in [1.807, 2.05) is 30.3 Å². The average molecular weight is 494 g/mol. The molecule has 0 radical (unpaired) electrons. The molecule has 1 fully saturated rings. The van der Waals surface area contributed by atoms with Gasteiger partial charge in [0.1, 0.15) is 0 Å². The summed E-state index contributed by atoms with van der Waals surface area (Å²) in [6, 6.07) is 16.0. The van der Waals surface area contributed by atoms with Crippen LogP contribution in [-0.2, 0) is 24.3 Å². The average Bonchev–Trinajstić information content (AvgIpc) is 2.87. The van der Waals surface area contributed by atoms with E-state index in [0.29, 0.717) is 30.0 Å². The Balaban J connectivity index is 1.35. The van der Waals surface area contributed by atoms with Crippen molar-refractivity contribution < 1.29 is 22.7 Å². The second-order valence-electron chi connectivity index (χ2n) is 8.36. The van der Waals surface area contributed by atoms with Gasteiger partial charge in [-0.3, -0.25) is 4.79 Å². The molecule has 2 heterocycles. The molecule has 1 aliphatic rings. The first kappa shape index (κ1) is 24.6. The third kappa shape index (κ3) is 6.12. The number of amides is 1. The summed E-state index contributed by atoms with van der Waals surface area (Å²) in [5.74, 6) is -1.25. The Morgan fingerprint density at radius 3 is 2.63 bits per heavy atom. The largest absolute Gasteiger partial charge is 0.452 e. The first-order valence-electron chi connectivity index (χ1n) is 11.4. The standard InChI is InChI=1S/C26H27N3O5S/c1-19-9-13-22(35(32,33)29-15-5-2-6-16-29)17-24(19)28-25(30)18-34-26(31)14-12-21-11-10-20-7-3-4-8-23(20)27-21/h3-4,7-14,17H,2,5-6,15-16,18H2,1H3,(H,28,30)/b14-12+. The molecule has 1 aromatic heterocycles. The SMILES string of the molecule is Cc1ccc(S(=O)(=O)N2CCCCC2)cc1NC(=O)COC(=O)/C=C/c1ccc2ccccc2n1. The maximum Gasteiger partial charge on any atom is 0.331 e. The lowest BCUT2D eigenvalue weighted by molar-refractivity contribution is -0.142. The number of hydrogen-bond acceptors (Lipinski definition) is 6. The van der Waals surface area contributed by atoms with Crippen molar-refractivity contribution in [2.24, 2.45) is 0 Å². The summed E-state index contributed by atoms with van der Waals surface area (Å²) in [6.45, 7) is 2.25. The number of nitrogens with one attached hydrogen (secondary N) is 1. The van der Waals surface area contributed by atoms with Crippen molar-refractivity contribution in [1.29, 1.82) is 0 Å². The Bertz CT molecular complexity index is 1380. The van der Waals surface area contributed by atoms with Crippen molar-refractivity contribution in [2.45, 2.75) is 31.1 Å². The highest BCUT2D eigenvalue weighted by atomic mass is 32.2. The fourth-order valence-electron chi connectivity index (χ4n) is 3.85. The van der Waals surface area contributed by atoms with E-state index < -0.39 is 28.5 Å². The minimum Gasteiger partial charge on any atom is -0.452 e. The third-order valence-electron chi connectivity index (χ3n) is 5.79. The van der Waals surface area contributed by atoms with Crippen LogP contribution < -0.4 is 5.32 Å². The van der Waals surface area contributed by atoms with Crippen molar-refractivity contribution in [1.82, 2.24) is 9.29 Å². The molecule has 0 saturated carbocycles. The molecule has 3 aromatic rings. The van der Waals surface area contributed by atoms with Gasteiger partial charge in [-0.25, -0.2) is 18.2 Å². The molecule has 4 rings (SSSR count). The van der Waals surface area contributed by atoms with Crippen LogP contribution in [0.4, 0.5) is 5.69 Å². The zero-order valence-electron chi connectivity index (χ0n) is 19.4. The van der Waals surface area contributed by atoms with Crippen molar-refractivity contribution in [3.05, 3.63) is 71.9 Å². The van der Waals surface area contributed by atoms with Crippen LogP contribution in [0.25, 0.3) is 17.0 Å². The molecule has 1 aliphatic heterocycles. The van der Waals surface area contributed by atoms with Crippen LogP contribution in [0.15, 0.2) is 65.6 Å². The van der Waals surface area contributed by atoms with E-state index in [1.165, 1.54) is 22.5 Å². The number of anilines is 1. The van der Waals surface area contributed by atoms with Gasteiger partial charge in [-0.2, -0.15) is 4.31 Å². The lowest BCUT2D eigenvalue weighted by Gasteiger charge is -2.26. The van der Waals surface area contributed by atoms with E-state index in [-0.39, 0.29) is 4.90 Å². The molecular weight excluding hydrogens is 466 g/mol. The molecule has 0 atom stereocenters. The number of carbonyl (C=O) groups is 2. The number of ether oxygens (including phenoxy) is 1. The number of hydrogen-bond donors (Lipinski definition) is 1. The maximum atomic E-state index is 12.9. The predicted octanol–water partition coefficient (Wildman–Crippen LogP) is 3.91. The van der Waals surface area contributed by atoms with Crippen LogP contribution in [0.5, 0.6) is 0 Å². The molecule has 35 heavy (non-hydrogen) atoms. The fraction of sp³-hybridized carbons (Fsp3) is 0.269. The second kappa shape index (κ2) is 10.8. The number of fused-ring (bicyclic) bond motifs is 1. The number of para-hydroxylation sites is 1. The van der Waals surface area contributed by atoms with Crippen molar-refractivity contribution in [3.8, 4) is 0 Å². The van der Waals surface area contributed by atoms with Crippen LogP contribution in [0.2, 0.25) is 0 Å². The van der Waals surface area contributed by atoms with E-state index in [2.05, 4.69) is 10.3 Å². The van der Waals surface area contributed by atoms with Gasteiger partial charge in [0, 0.05) is 30.2 Å². The molecule has 0 unspecified atom stereocenters. The van der Waals surface area contributed by atoms with E-state index in [4.69, 9.17) is 4.74 Å². The minimum atomic E-state index is -3.63. The van der Waals surface area contributed by atoms with Gasteiger partial charge in [-0.1, -0.05) is 36.8 Å². The highest BCUT2D eigenvalue weighted by molar-refractivity contribution is 7.89. The number of nitrogens with zero attached hydrogens (tertiary/aromatic N) is 2. The summed E-state index contributed by atoms with van der Waals surface area (Å²) < 4.78 is 32.4. The summed E-state index contributed by atoms with van der Waals surface area (Å²) in [5.41, 5.74) is 2.46. The molecule has 2 aromatic carbocycles. The van der Waals surface area contributed by atoms with Gasteiger partial charge in [-0.05, 0) is 55.7 Å². The van der Waals surface area contributed by atoms with Crippen LogP contribution in [-0.4, -0.2) is 49.3 Å². The quantitative estimate of drug-likeness (QED) is 0.395. The van der Waals surface area contributed by atoms with E-state index in [0.717, 1.165) is 30.2 Å². The van der Waals surface area contributed by atoms with Crippen molar-refractivity contribution in [3.63, 3.8) is 0 Å². The minimum absolute atomic E-state index is 0.128. The van der Waals surface area contributed by atoms with E-state index in [9.17, 15) is 18.0 Å². The number of aromatic nitrogens is 1. The smallest absolute Gasteiger partial charge is 0.331 e. The molecule has 1 N–H and O–H groups in total. The maximum absolute atomic E-state index is 12.9. The monoisotopic (exact) mass is 493 g/mol. The Morgan fingerprint density at radius 2 is 1.83 bits per heavy atom. The molecule has 0 spiro atoms. The Kier molecular flexibility index (Phi) is 7.57. The number of piperidine rings is 1. The van der Waals surface area contributed by atoms with Gasteiger partial charge in [0.05, 0.1) is 16.1 Å². The Labute approximate surface area is 204 Å². The molecule has 9 heteroatoms. The highest BCUT2D eigenvalue weighted by Gasteiger charge is 2.26. The zero-order valence-corrected chi connectivity index (χ0v) is 20.3. The zero-order chi connectivity index (χ0) is 24.8. The summed E-state index contributed by atoms with van der Waals surface area (Å²) in [4.78, 5) is 29.0. The second-order valence-corrected chi connectivity index (χ2v) is 10.3. The summed E-state index contributed by atoms with van der Waals surface area (Å²) >= 11 is 0. The fourth-order valence-corrected chi connectivity index (χ4v) is 5.39. The predicted molar refractivity (Wildman–Crippen MR) is 134 cm³/mol. The molecule has 8 nitrogen and oxygen atoms in total. The molecule has 1 amide bonds. The van der Waals surface area contributed by atoms with Crippen molar-refractivity contribution in [2.75, 3.05) is 25.0 Å². The van der Waals surface area contributed by atoms with Crippen molar-refractivity contribution >= 4 is 44.6 Å². The van der Waals surface area contributed by atoms with E-state index in [1.54, 1.807) is 25.1 Å². The van der Waals surface area contributed by atoms with Gasteiger partial charge in [0.2, 0.25) is 10.0 Å². The highest BCUT2D eigenvalue weighted by Crippen LogP contribution is 2.25. The molecular formula is C26H27N3O5S. The molecule has 0 bridgehead atoms. The summed E-state index contributed by atoms with van der Waals surface area (Å²) in [7, 11) is -3.63. The van der Waals surface area contributed by atoms with Crippen LogP contribution in [0.1, 0.15) is 30.5 Å². The van der Waals surface area contributed by atoms with Gasteiger partial charge in [0.25, 0.3) is 5.91 Å². The van der Waals surface area contributed by atoms with Gasteiger partial charge >= 0.3 is 5.97 Å². The number of pyridine rings is 1. The third-order valence-corrected chi connectivity index (χ3v) is 7.69. The van der Waals surface area contributed by atoms with Gasteiger partial charge < -0.3 is 10.1 Å². The van der Waals surface area contributed by atoms with Crippen LogP contribution in [0, 0.1) is 6.92 Å². The normalized spacial score (nSPS) is 14.8. The van der Waals surface area contributed by atoms with E-state index >= 15 is 0 Å². The summed E-state index contributed by atoms with van der Waals surface area (Å²) in [5, 5.41) is 3.63. The molecule has 1 saturated heterocycles. The first-order valence-corrected chi connectivity index (χ1v) is 12.9. The number of aryl methyl sites for hydroxylation is 1. The lowest BCUT2D eigenvalue weighted by atomic mass is 10.2. The topological polar surface area (TPSA) is 106 Å². The number of carbonyl (C=O) groups excluding carboxylic acids is 2. The van der Waals surface area contributed by atoms with Gasteiger partial charge in [-0.15, -0.1) is 0 Å². The number of rotatable bonds is 7. The number of benzene rings is 2. The van der Waals surface area contributed by atoms with Gasteiger partial charge in [0.15, 0.2) is 6.61 Å². The molecule has 0 aliphatic carbocycles. The lowest BCUT2D eigenvalue weighted by Crippen LogP contribution is -2.35.